The highest BCUT2D eigenvalue weighted by Gasteiger charge is 2.19. The molecule has 0 fully saturated rings. The molecule has 1 atom stereocenters. The second kappa shape index (κ2) is 5.13. The lowest BCUT2D eigenvalue weighted by Crippen LogP contribution is -2.22. The van der Waals surface area contributed by atoms with Crippen molar-refractivity contribution in [1.29, 1.82) is 0 Å². The van der Waals surface area contributed by atoms with Gasteiger partial charge in [0.25, 0.3) is 0 Å². The number of hydrogen-bond donors (Lipinski definition) is 0. The van der Waals surface area contributed by atoms with Crippen molar-refractivity contribution in [2.75, 3.05) is 0 Å². The van der Waals surface area contributed by atoms with E-state index in [4.69, 9.17) is 11.6 Å². The smallest absolute Gasteiger partial charge is 0.0490 e. The third-order valence-electron chi connectivity index (χ3n) is 2.16. The van der Waals surface area contributed by atoms with Gasteiger partial charge >= 0.3 is 0 Å². The standard InChI is InChI=1S/C12H17ClOS/c1-12(2,3)15(14)9-11-6-4-10(8-13)5-7-11/h4-7H,8-9H2,1-3H3. The molecule has 0 heterocycles. The third-order valence-corrected chi connectivity index (χ3v) is 4.43. The Hall–Kier alpha value is -0.340. The van der Waals surface area contributed by atoms with Crippen LogP contribution in [0.5, 0.6) is 0 Å². The summed E-state index contributed by atoms with van der Waals surface area (Å²) < 4.78 is 11.7. The minimum Gasteiger partial charge on any atom is -0.259 e. The molecule has 0 aliphatic heterocycles. The number of hydrogen-bond acceptors (Lipinski definition) is 1. The summed E-state index contributed by atoms with van der Waals surface area (Å²) in [6, 6.07) is 7.98. The van der Waals surface area contributed by atoms with Gasteiger partial charge in [-0.2, -0.15) is 0 Å². The van der Waals surface area contributed by atoms with Crippen LogP contribution in [0.3, 0.4) is 0 Å². The molecule has 0 spiro atoms. The van der Waals surface area contributed by atoms with Gasteiger partial charge in [0.2, 0.25) is 0 Å². The van der Waals surface area contributed by atoms with E-state index in [1.807, 2.05) is 45.0 Å². The van der Waals surface area contributed by atoms with Crippen LogP contribution in [0.25, 0.3) is 0 Å². The highest BCUT2D eigenvalue weighted by molar-refractivity contribution is 7.85. The maximum atomic E-state index is 11.9. The molecule has 1 rings (SSSR count). The van der Waals surface area contributed by atoms with E-state index in [2.05, 4.69) is 0 Å². The number of benzene rings is 1. The second-order valence-corrected chi connectivity index (χ2v) is 7.02. The molecule has 1 aromatic rings. The topological polar surface area (TPSA) is 17.1 Å². The minimum atomic E-state index is -0.830. The summed E-state index contributed by atoms with van der Waals surface area (Å²) in [5.74, 6) is 1.15. The molecular formula is C12H17ClOS. The Balaban J connectivity index is 2.70. The van der Waals surface area contributed by atoms with E-state index < -0.39 is 10.8 Å². The largest absolute Gasteiger partial charge is 0.259 e. The van der Waals surface area contributed by atoms with Gasteiger partial charge in [-0.15, -0.1) is 11.6 Å². The van der Waals surface area contributed by atoms with Crippen LogP contribution < -0.4 is 0 Å². The Morgan fingerprint density at radius 1 is 1.13 bits per heavy atom. The molecule has 0 N–H and O–H groups in total. The number of alkyl halides is 1. The fraction of sp³-hybridized carbons (Fsp3) is 0.500. The molecule has 1 nitrogen and oxygen atoms in total. The normalized spacial score (nSPS) is 13.9. The highest BCUT2D eigenvalue weighted by Crippen LogP contribution is 2.17. The van der Waals surface area contributed by atoms with Crippen LogP contribution in [-0.2, 0) is 22.4 Å². The third kappa shape index (κ3) is 3.96. The maximum Gasteiger partial charge on any atom is 0.0490 e. The van der Waals surface area contributed by atoms with Crippen molar-refractivity contribution in [3.05, 3.63) is 35.4 Å². The Morgan fingerprint density at radius 3 is 2.00 bits per heavy atom. The monoisotopic (exact) mass is 244 g/mol. The molecule has 0 saturated heterocycles. The van der Waals surface area contributed by atoms with Crippen LogP contribution >= 0.6 is 11.6 Å². The van der Waals surface area contributed by atoms with Gasteiger partial charge in [0.15, 0.2) is 0 Å². The molecule has 84 valence electrons. The molecule has 1 aromatic carbocycles. The first kappa shape index (κ1) is 12.7. The van der Waals surface area contributed by atoms with E-state index in [0.717, 1.165) is 11.1 Å². The maximum absolute atomic E-state index is 11.9. The van der Waals surface area contributed by atoms with E-state index in [-0.39, 0.29) is 4.75 Å². The van der Waals surface area contributed by atoms with Crippen molar-refractivity contribution in [1.82, 2.24) is 0 Å². The quantitative estimate of drug-likeness (QED) is 0.745. The summed E-state index contributed by atoms with van der Waals surface area (Å²) in [5, 5.41) is 0. The molecule has 0 bridgehead atoms. The number of halogens is 1. The van der Waals surface area contributed by atoms with Crippen molar-refractivity contribution in [2.45, 2.75) is 37.2 Å². The molecule has 15 heavy (non-hydrogen) atoms. The van der Waals surface area contributed by atoms with Gasteiger partial charge < -0.3 is 0 Å². The predicted octanol–water partition coefficient (Wildman–Crippen LogP) is 3.47. The predicted molar refractivity (Wildman–Crippen MR) is 67.6 cm³/mol. The Labute approximate surface area is 99.3 Å². The van der Waals surface area contributed by atoms with E-state index in [0.29, 0.717) is 11.6 Å². The van der Waals surface area contributed by atoms with E-state index in [9.17, 15) is 4.21 Å². The van der Waals surface area contributed by atoms with Gasteiger partial charge in [-0.3, -0.25) is 4.21 Å². The van der Waals surface area contributed by atoms with E-state index in [1.54, 1.807) is 0 Å². The van der Waals surface area contributed by atoms with E-state index >= 15 is 0 Å². The molecule has 1 unspecified atom stereocenters. The number of rotatable bonds is 3. The minimum absolute atomic E-state index is 0.148. The molecule has 0 amide bonds. The van der Waals surface area contributed by atoms with Crippen LogP contribution in [0.1, 0.15) is 31.9 Å². The zero-order valence-corrected chi connectivity index (χ0v) is 11.0. The SMILES string of the molecule is CC(C)(C)S(=O)Cc1ccc(CCl)cc1. The summed E-state index contributed by atoms with van der Waals surface area (Å²) in [5.41, 5.74) is 2.21. The van der Waals surface area contributed by atoms with Gasteiger partial charge in [-0.05, 0) is 31.9 Å². The fourth-order valence-corrected chi connectivity index (χ4v) is 2.20. The Bertz CT molecular complexity index is 338. The van der Waals surface area contributed by atoms with Gasteiger partial charge in [0.05, 0.1) is 0 Å². The van der Waals surface area contributed by atoms with Crippen molar-refractivity contribution in [3.8, 4) is 0 Å². The van der Waals surface area contributed by atoms with Gasteiger partial charge in [-0.25, -0.2) is 0 Å². The lowest BCUT2D eigenvalue weighted by atomic mass is 10.2. The van der Waals surface area contributed by atoms with Crippen molar-refractivity contribution < 1.29 is 4.21 Å². The van der Waals surface area contributed by atoms with Crippen LogP contribution in [0, 0.1) is 0 Å². The average Bonchev–Trinajstić information content (AvgIpc) is 2.17. The lowest BCUT2D eigenvalue weighted by molar-refractivity contribution is 0.648. The average molecular weight is 245 g/mol. The molecule has 3 heteroatoms. The molecule has 0 aliphatic carbocycles. The van der Waals surface area contributed by atoms with Gasteiger partial charge in [0.1, 0.15) is 0 Å². The highest BCUT2D eigenvalue weighted by atomic mass is 35.5. The van der Waals surface area contributed by atoms with Crippen LogP contribution in [0.4, 0.5) is 0 Å². The summed E-state index contributed by atoms with van der Waals surface area (Å²) in [6.07, 6.45) is 0. The lowest BCUT2D eigenvalue weighted by Gasteiger charge is -2.17. The molecule has 0 aromatic heterocycles. The summed E-state index contributed by atoms with van der Waals surface area (Å²) >= 11 is 5.70. The zero-order chi connectivity index (χ0) is 11.5. The van der Waals surface area contributed by atoms with Crippen LogP contribution in [0.2, 0.25) is 0 Å². The van der Waals surface area contributed by atoms with Crippen molar-refractivity contribution >= 4 is 22.4 Å². The molecule has 0 radical (unpaired) electrons. The Morgan fingerprint density at radius 2 is 1.60 bits per heavy atom. The van der Waals surface area contributed by atoms with Crippen molar-refractivity contribution in [3.63, 3.8) is 0 Å². The summed E-state index contributed by atoms with van der Waals surface area (Å²) in [6.45, 7) is 5.99. The molecule has 0 saturated carbocycles. The van der Waals surface area contributed by atoms with Crippen molar-refractivity contribution in [2.24, 2.45) is 0 Å². The fourth-order valence-electron chi connectivity index (χ4n) is 1.09. The molecular weight excluding hydrogens is 228 g/mol. The zero-order valence-electron chi connectivity index (χ0n) is 9.42. The van der Waals surface area contributed by atoms with Gasteiger partial charge in [-0.1, -0.05) is 24.3 Å². The Kier molecular flexibility index (Phi) is 4.35. The molecule has 0 aliphatic rings. The van der Waals surface area contributed by atoms with Crippen LogP contribution in [-0.4, -0.2) is 8.96 Å². The first-order valence-electron chi connectivity index (χ1n) is 4.96. The van der Waals surface area contributed by atoms with E-state index in [1.165, 1.54) is 0 Å². The van der Waals surface area contributed by atoms with Crippen LogP contribution in [0.15, 0.2) is 24.3 Å². The summed E-state index contributed by atoms with van der Waals surface area (Å²) in [4.78, 5) is 0. The first-order valence-corrected chi connectivity index (χ1v) is 6.81. The second-order valence-electron chi connectivity index (χ2n) is 4.55. The van der Waals surface area contributed by atoms with Gasteiger partial charge in [0, 0.05) is 27.2 Å². The summed E-state index contributed by atoms with van der Waals surface area (Å²) in [7, 11) is -0.830. The first-order chi connectivity index (χ1) is 6.93.